The Bertz CT molecular complexity index is 754. The van der Waals surface area contributed by atoms with Gasteiger partial charge in [-0.05, 0) is 0 Å². The summed E-state index contributed by atoms with van der Waals surface area (Å²) >= 11 is 0. The summed E-state index contributed by atoms with van der Waals surface area (Å²) in [5.74, 6) is 2.00. The minimum absolute atomic E-state index is 0.0401. The van der Waals surface area contributed by atoms with Crippen LogP contribution in [0, 0.1) is 0 Å². The third-order valence-corrected chi connectivity index (χ3v) is 9.15. The molecule has 0 bridgehead atoms. The molecule has 2 aromatic carbocycles. The van der Waals surface area contributed by atoms with Crippen molar-refractivity contribution in [1.29, 1.82) is 0 Å². The Labute approximate surface area is 137 Å². The van der Waals surface area contributed by atoms with E-state index in [4.69, 9.17) is 13.6 Å². The Morgan fingerprint density at radius 3 is 2.00 bits per heavy atom. The van der Waals surface area contributed by atoms with Crippen LogP contribution in [0.2, 0.25) is 0 Å². The third-order valence-electron chi connectivity index (χ3n) is 4.74. The predicted octanol–water partition coefficient (Wildman–Crippen LogP) is 5.14. The zero-order chi connectivity index (χ0) is 16.1. The van der Waals surface area contributed by atoms with Gasteiger partial charge in [0.05, 0.1) is 0 Å². The molecule has 1 atom stereocenters. The van der Waals surface area contributed by atoms with Gasteiger partial charge in [0.15, 0.2) is 0 Å². The van der Waals surface area contributed by atoms with E-state index in [2.05, 4.69) is 45.0 Å². The van der Waals surface area contributed by atoms with Gasteiger partial charge in [-0.15, -0.1) is 0 Å². The number of rotatable bonds is 2. The van der Waals surface area contributed by atoms with E-state index in [1.54, 1.807) is 6.26 Å². The van der Waals surface area contributed by atoms with E-state index in [1.807, 2.05) is 30.3 Å². The molecule has 23 heavy (non-hydrogen) atoms. The average molecular weight is 328 g/mol. The van der Waals surface area contributed by atoms with Gasteiger partial charge in [0, 0.05) is 0 Å². The van der Waals surface area contributed by atoms with Gasteiger partial charge >= 0.3 is 136 Å². The number of para-hydroxylation sites is 2. The predicted molar refractivity (Wildman–Crippen MR) is 94.5 cm³/mol. The van der Waals surface area contributed by atoms with Crippen molar-refractivity contribution in [2.24, 2.45) is 0 Å². The second-order valence-electron chi connectivity index (χ2n) is 6.49. The van der Waals surface area contributed by atoms with Crippen molar-refractivity contribution < 1.29 is 13.6 Å². The van der Waals surface area contributed by atoms with E-state index in [1.165, 1.54) is 5.56 Å². The van der Waals surface area contributed by atoms with Crippen molar-refractivity contribution >= 4 is 12.6 Å². The summed E-state index contributed by atoms with van der Waals surface area (Å²) in [4.78, 5) is 0. The van der Waals surface area contributed by atoms with Gasteiger partial charge < -0.3 is 0 Å². The Morgan fingerprint density at radius 2 is 1.52 bits per heavy atom. The normalized spacial score (nSPS) is 24.3. The summed E-state index contributed by atoms with van der Waals surface area (Å²) in [5, 5.41) is 0.995. The van der Waals surface area contributed by atoms with E-state index in [0.29, 0.717) is 5.92 Å². The first-order chi connectivity index (χ1) is 11.0. The van der Waals surface area contributed by atoms with Crippen LogP contribution in [0.4, 0.5) is 0 Å². The average Bonchev–Trinajstić information content (AvgIpc) is 3.07. The fourth-order valence-corrected chi connectivity index (χ4v) is 7.09. The zero-order valence-electron chi connectivity index (χ0n) is 13.6. The summed E-state index contributed by atoms with van der Waals surface area (Å²) < 4.78 is 19.1. The van der Waals surface area contributed by atoms with Gasteiger partial charge in [-0.1, -0.05) is 0 Å². The molecule has 1 spiro atoms. The fourth-order valence-electron chi connectivity index (χ4n) is 3.24. The molecule has 0 fully saturated rings. The van der Waals surface area contributed by atoms with Gasteiger partial charge in [0.2, 0.25) is 0 Å². The SMILES string of the molecule is CC(C)c1ccc(P23(OC=CC2C)Oc2ccccc2O3)cc1. The van der Waals surface area contributed by atoms with Crippen LogP contribution in [0.1, 0.15) is 32.3 Å². The minimum atomic E-state index is -3.47. The first-order valence-electron chi connectivity index (χ1n) is 8.01. The molecule has 4 heteroatoms. The second-order valence-corrected chi connectivity index (χ2v) is 10.3. The van der Waals surface area contributed by atoms with Crippen LogP contribution in [-0.2, 0) is 4.52 Å². The van der Waals surface area contributed by atoms with Crippen molar-refractivity contribution in [1.82, 2.24) is 0 Å². The van der Waals surface area contributed by atoms with Crippen molar-refractivity contribution in [3.8, 4) is 11.5 Å². The molecular weight excluding hydrogens is 307 g/mol. The van der Waals surface area contributed by atoms with Crippen LogP contribution in [-0.4, -0.2) is 5.66 Å². The number of allylic oxidation sites excluding steroid dienone is 1. The molecule has 2 aliphatic heterocycles. The van der Waals surface area contributed by atoms with Crippen LogP contribution in [0.3, 0.4) is 0 Å². The van der Waals surface area contributed by atoms with E-state index >= 15 is 0 Å². The molecule has 0 N–H and O–H groups in total. The van der Waals surface area contributed by atoms with Crippen LogP contribution in [0.15, 0.2) is 60.9 Å². The molecule has 0 radical (unpaired) electrons. The van der Waals surface area contributed by atoms with Crippen molar-refractivity contribution in [3.05, 3.63) is 66.4 Å². The molecule has 2 heterocycles. The third kappa shape index (κ3) is 1.86. The number of hydrogen-bond acceptors (Lipinski definition) is 3. The Morgan fingerprint density at radius 1 is 0.913 bits per heavy atom. The second kappa shape index (κ2) is 4.75. The molecule has 2 aliphatic rings. The molecule has 1 unspecified atom stereocenters. The topological polar surface area (TPSA) is 27.7 Å². The number of benzene rings is 2. The molecule has 0 amide bonds. The van der Waals surface area contributed by atoms with Gasteiger partial charge in [0.25, 0.3) is 0 Å². The summed E-state index contributed by atoms with van der Waals surface area (Å²) in [5.41, 5.74) is 1.33. The van der Waals surface area contributed by atoms with Crippen molar-refractivity contribution in [2.75, 3.05) is 0 Å². The molecular formula is C19H21O3P. The molecule has 2 aromatic rings. The van der Waals surface area contributed by atoms with Crippen LogP contribution in [0.5, 0.6) is 11.5 Å². The summed E-state index contributed by atoms with van der Waals surface area (Å²) in [7, 11) is -3.47. The maximum atomic E-state index is 6.47. The standard InChI is InChI=1S/C19H21O3P/c1-14(2)16-8-10-17(11-9-16)23(15(3)12-13-20-23)21-18-6-4-5-7-19(18)22-23/h4-15H,1-3H3. The molecule has 0 aliphatic carbocycles. The Kier molecular flexibility index (Phi) is 3.01. The van der Waals surface area contributed by atoms with Gasteiger partial charge in [-0.3, -0.25) is 0 Å². The van der Waals surface area contributed by atoms with E-state index in [0.717, 1.165) is 16.8 Å². The zero-order valence-corrected chi connectivity index (χ0v) is 14.5. The Hall–Kier alpha value is -1.99. The summed E-state index contributed by atoms with van der Waals surface area (Å²) in [6, 6.07) is 16.3. The van der Waals surface area contributed by atoms with Crippen LogP contribution >= 0.6 is 7.28 Å². The van der Waals surface area contributed by atoms with E-state index in [9.17, 15) is 0 Å². The summed E-state index contributed by atoms with van der Waals surface area (Å²) in [6.45, 7) is 6.48. The fraction of sp³-hybridized carbons (Fsp3) is 0.263. The van der Waals surface area contributed by atoms with Crippen molar-refractivity contribution in [2.45, 2.75) is 32.3 Å². The molecule has 0 saturated heterocycles. The first-order valence-corrected chi connectivity index (χ1v) is 10.1. The molecule has 0 aromatic heterocycles. The molecule has 3 nitrogen and oxygen atoms in total. The molecule has 4 rings (SSSR count). The van der Waals surface area contributed by atoms with Gasteiger partial charge in [0.1, 0.15) is 0 Å². The van der Waals surface area contributed by atoms with Crippen LogP contribution in [0.25, 0.3) is 0 Å². The number of fused-ring (bicyclic) bond motifs is 1. The van der Waals surface area contributed by atoms with Crippen molar-refractivity contribution in [3.63, 3.8) is 0 Å². The van der Waals surface area contributed by atoms with Gasteiger partial charge in [-0.2, -0.15) is 0 Å². The van der Waals surface area contributed by atoms with Gasteiger partial charge in [-0.25, -0.2) is 0 Å². The van der Waals surface area contributed by atoms with E-state index in [-0.39, 0.29) is 5.66 Å². The maximum absolute atomic E-state index is 6.47. The Balaban J connectivity index is 1.87. The first kappa shape index (κ1) is 14.6. The van der Waals surface area contributed by atoms with Crippen LogP contribution < -0.4 is 14.4 Å². The molecule has 120 valence electrons. The summed E-state index contributed by atoms with van der Waals surface area (Å²) in [6.07, 6.45) is 3.75. The monoisotopic (exact) mass is 328 g/mol. The molecule has 0 saturated carbocycles. The van der Waals surface area contributed by atoms with E-state index < -0.39 is 7.28 Å². The number of hydrogen-bond donors (Lipinski definition) is 0. The quantitative estimate of drug-likeness (QED) is 0.715.